The summed E-state index contributed by atoms with van der Waals surface area (Å²) in [6.07, 6.45) is 8.73. The lowest BCUT2D eigenvalue weighted by molar-refractivity contribution is 0.301. The molecule has 8 aromatic rings. The molecule has 592 valence electrons. The fourth-order valence-electron chi connectivity index (χ4n) is 12.3. The molecule has 0 bridgehead atoms. The fourth-order valence-corrected chi connectivity index (χ4v) is 14.4. The molecule has 5 aromatic heterocycles. The van der Waals surface area contributed by atoms with E-state index in [1.165, 1.54) is 16.7 Å². The minimum absolute atomic E-state index is 0.149. The number of nitrogens with zero attached hydrogens (tertiary/aromatic N) is 12. The monoisotopic (exact) mass is 1660 g/mol. The van der Waals surface area contributed by atoms with Gasteiger partial charge in [0.1, 0.15) is 28.4 Å². The number of aliphatic imine (C=N–C) groups is 1. The van der Waals surface area contributed by atoms with Crippen molar-refractivity contribution in [1.82, 2.24) is 56.0 Å². The van der Waals surface area contributed by atoms with E-state index in [2.05, 4.69) is 266 Å². The Labute approximate surface area is 700 Å². The molecule has 18 nitrogen and oxygen atoms in total. The van der Waals surface area contributed by atoms with Crippen LogP contribution in [0.25, 0.3) is 0 Å². The van der Waals surface area contributed by atoms with E-state index in [4.69, 9.17) is 94.0 Å². The van der Waals surface area contributed by atoms with E-state index in [1.807, 2.05) is 60.7 Å². The van der Waals surface area contributed by atoms with Gasteiger partial charge in [-0.05, 0) is 201 Å². The number of nitrogens with one attached hydrogen (secondary N) is 6. The van der Waals surface area contributed by atoms with Crippen LogP contribution in [-0.4, -0.2) is 178 Å². The highest BCUT2D eigenvalue weighted by atomic mass is 35.5. The molecule has 5 aliphatic heterocycles. The third kappa shape index (κ3) is 29.7. The van der Waals surface area contributed by atoms with E-state index in [9.17, 15) is 0 Å². The molecule has 5 atom stereocenters. The smallest absolute Gasteiger partial charge is 0.173 e. The van der Waals surface area contributed by atoms with Crippen molar-refractivity contribution < 1.29 is 0 Å². The van der Waals surface area contributed by atoms with Crippen LogP contribution in [0.5, 0.6) is 0 Å². The molecule has 0 aliphatic carbocycles. The predicted octanol–water partition coefficient (Wildman–Crippen LogP) is 18.6. The van der Waals surface area contributed by atoms with Crippen LogP contribution < -0.4 is 51.5 Å². The first-order valence-electron chi connectivity index (χ1n) is 37.4. The Bertz CT molecular complexity index is 3950. The van der Waals surface area contributed by atoms with Crippen molar-refractivity contribution in [3.63, 3.8) is 0 Å². The van der Waals surface area contributed by atoms with Crippen molar-refractivity contribution in [1.29, 1.82) is 0 Å². The Morgan fingerprint density at radius 1 is 0.409 bits per heavy atom. The number of anilines is 6. The Balaban J connectivity index is 0.000000187. The van der Waals surface area contributed by atoms with Crippen molar-refractivity contribution in [3.8, 4) is 0 Å². The number of hydrogen-bond donors (Lipinski definition) is 6. The van der Waals surface area contributed by atoms with E-state index in [0.29, 0.717) is 38.3 Å². The van der Waals surface area contributed by atoms with Gasteiger partial charge < -0.3 is 61.3 Å². The maximum Gasteiger partial charge on any atom is 0.173 e. The third-order valence-electron chi connectivity index (χ3n) is 18.5. The number of piperazine rings is 5. The number of thiocarbonyl (C=S) groups is 3. The molecule has 0 saturated carbocycles. The number of isothiocyanates is 1. The van der Waals surface area contributed by atoms with Crippen LogP contribution in [0.3, 0.4) is 0 Å². The summed E-state index contributed by atoms with van der Waals surface area (Å²) in [7, 11) is 0. The van der Waals surface area contributed by atoms with Crippen LogP contribution in [-0.2, 0) is 16.2 Å². The van der Waals surface area contributed by atoms with Crippen molar-refractivity contribution in [2.24, 2.45) is 4.99 Å². The molecule has 5 aliphatic rings. The number of pyridine rings is 5. The maximum absolute atomic E-state index is 6.30. The van der Waals surface area contributed by atoms with E-state index in [1.54, 1.807) is 43.1 Å². The van der Waals surface area contributed by atoms with Gasteiger partial charge in [0.15, 0.2) is 10.2 Å². The zero-order valence-corrected chi connectivity index (χ0v) is 72.9. The largest absolute Gasteiger partial charge is 0.353 e. The Hall–Kier alpha value is -6.63. The molecule has 10 heterocycles. The van der Waals surface area contributed by atoms with Crippen LogP contribution in [0.2, 0.25) is 30.3 Å². The predicted molar refractivity (Wildman–Crippen MR) is 480 cm³/mol. The summed E-state index contributed by atoms with van der Waals surface area (Å²) >= 11 is 51.6. The zero-order valence-electron chi connectivity index (χ0n) is 65.9. The molecule has 0 unspecified atom stereocenters. The van der Waals surface area contributed by atoms with Crippen LogP contribution in [0.15, 0.2) is 169 Å². The average Bonchev–Trinajstić information content (AvgIpc) is 0.810. The van der Waals surface area contributed by atoms with Gasteiger partial charge in [-0.3, -0.25) is 0 Å². The van der Waals surface area contributed by atoms with Crippen molar-refractivity contribution in [2.75, 3.05) is 128 Å². The van der Waals surface area contributed by atoms with Crippen molar-refractivity contribution >= 4 is 162 Å². The van der Waals surface area contributed by atoms with Gasteiger partial charge in [0, 0.05) is 171 Å². The number of halogens is 6. The quantitative estimate of drug-likeness (QED) is 0.0506. The highest BCUT2D eigenvalue weighted by molar-refractivity contribution is 7.80. The Morgan fingerprint density at radius 3 is 1.00 bits per heavy atom. The van der Waals surface area contributed by atoms with Crippen molar-refractivity contribution in [2.45, 2.75) is 143 Å². The van der Waals surface area contributed by atoms with Gasteiger partial charge in [-0.1, -0.05) is 168 Å². The molecular formula is C83H110Cl6N18S3. The second-order valence-electron chi connectivity index (χ2n) is 30.7. The second-order valence-corrected chi connectivity index (χ2v) is 34.0. The van der Waals surface area contributed by atoms with Crippen LogP contribution >= 0.6 is 106 Å². The second kappa shape index (κ2) is 44.7. The summed E-state index contributed by atoms with van der Waals surface area (Å²) < 4.78 is 0. The topological polar surface area (TPSA) is 168 Å². The highest BCUT2D eigenvalue weighted by Gasteiger charge is 2.30. The number of rotatable bonds is 7. The summed E-state index contributed by atoms with van der Waals surface area (Å²) in [5.74, 6) is 3.51. The third-order valence-corrected chi connectivity index (χ3v) is 21.2. The molecule has 13 rings (SSSR count). The SMILES string of the molecule is CC(C)(C)c1ccc(N=C=S)cc1.C[C@@H]1CN(c2ncccc2Cl)CCN1.C[C@@H]1CN(c2ncccc2Cl)CCN1.C[C@@H]1CN(c2ncccc2Cl)CCN1C(=S)Nc1ccc(C(C)(C)C)cc1.C[C@@H]1CN(c2ncccc2Cl)CCN1C(=S)Nc1ccc(C(C)(C)C)cc1.C[C@@H]1CNCCN1.Clc1cccnc1Cl. The molecule has 0 radical (unpaired) electrons. The molecular weight excluding hydrogens is 1560 g/mol. The lowest BCUT2D eigenvalue weighted by atomic mass is 9.87. The molecule has 0 amide bonds. The molecule has 5 saturated heterocycles. The lowest BCUT2D eigenvalue weighted by Gasteiger charge is -2.41. The Kier molecular flexibility index (Phi) is 36.8. The van der Waals surface area contributed by atoms with E-state index >= 15 is 0 Å². The molecule has 0 spiro atoms. The fraction of sp³-hybridized carbons (Fsp3) is 0.446. The van der Waals surface area contributed by atoms with Gasteiger partial charge in [0.25, 0.3) is 0 Å². The molecule has 6 N–H and O–H groups in total. The first-order valence-corrected chi connectivity index (χ1v) is 40.9. The van der Waals surface area contributed by atoms with E-state index in [0.717, 1.165) is 159 Å². The normalized spacial score (nSPS) is 18.5. The molecule has 27 heteroatoms. The summed E-state index contributed by atoms with van der Waals surface area (Å²) in [6.45, 7) is 45.0. The summed E-state index contributed by atoms with van der Waals surface area (Å²) in [4.78, 5) is 38.4. The highest BCUT2D eigenvalue weighted by Crippen LogP contribution is 2.31. The van der Waals surface area contributed by atoms with E-state index < -0.39 is 0 Å². The first-order chi connectivity index (χ1) is 52.3. The standard InChI is InChI=1S/2C21H27ClN4S.C11H13NS.2C10H14ClN3.C5H3Cl2N.C5H12N2/c2*1-15-14-25(19-18(22)6-5-11-23-19)12-13-26(15)20(27)24-17-9-7-16(8-10-17)21(2,3)4;1-11(2,3)9-4-6-10(7-5-9)12-8-13;2*1-8-7-14(6-5-12-8)10-9(11)3-2-4-13-10;6-4-2-1-3-8-5(4)7;1-5-4-6-2-3-7-5/h2*5-11,15H,12-14H2,1-4H3,(H,24,27);4-7H,1-3H3;2*2-4,8,12H,5-7H2,1H3;1-3H;5-7H,2-4H2,1H3/t2*15-;;2*8-;;5-/m11.11.1/s1. The first kappa shape index (κ1) is 90.6. The van der Waals surface area contributed by atoms with E-state index in [-0.39, 0.29) is 28.3 Å². The molecule has 5 fully saturated rings. The van der Waals surface area contributed by atoms with Crippen LogP contribution in [0.4, 0.5) is 40.3 Å². The van der Waals surface area contributed by atoms with Gasteiger partial charge >= 0.3 is 0 Å². The number of aromatic nitrogens is 5. The zero-order chi connectivity index (χ0) is 80.1. The van der Waals surface area contributed by atoms with Crippen LogP contribution in [0, 0.1) is 0 Å². The number of benzene rings is 3. The molecule has 3 aromatic carbocycles. The molecule has 110 heavy (non-hydrogen) atoms. The van der Waals surface area contributed by atoms with Crippen molar-refractivity contribution in [3.05, 3.63) is 211 Å². The van der Waals surface area contributed by atoms with Gasteiger partial charge in [0.05, 0.1) is 36.0 Å². The number of hydrogen-bond acceptors (Lipinski definition) is 17. The van der Waals surface area contributed by atoms with Gasteiger partial charge in [-0.2, -0.15) is 4.99 Å². The minimum Gasteiger partial charge on any atom is -0.353 e. The average molecular weight is 1670 g/mol. The lowest BCUT2D eigenvalue weighted by Crippen LogP contribution is -2.55. The van der Waals surface area contributed by atoms with Crippen LogP contribution in [0.1, 0.15) is 114 Å². The summed E-state index contributed by atoms with van der Waals surface area (Å²) in [6, 6.07) is 45.7. The maximum atomic E-state index is 6.30. The van der Waals surface area contributed by atoms with Gasteiger partial charge in [-0.15, -0.1) is 0 Å². The Morgan fingerprint density at radius 2 is 0.736 bits per heavy atom. The summed E-state index contributed by atoms with van der Waals surface area (Å²) in [5.41, 5.74) is 7.33. The van der Waals surface area contributed by atoms with Gasteiger partial charge in [0.2, 0.25) is 0 Å². The van der Waals surface area contributed by atoms with Gasteiger partial charge in [-0.25, -0.2) is 24.9 Å². The summed E-state index contributed by atoms with van der Waals surface area (Å²) in [5, 5.41) is 27.7. The minimum atomic E-state index is 0.149.